The number of aliphatic hydroxyl groups is 1. The van der Waals surface area contributed by atoms with E-state index in [4.69, 9.17) is 37.0 Å². The second-order valence-corrected chi connectivity index (χ2v) is 29.9. The normalized spacial score (nSPS) is 14.4. The van der Waals surface area contributed by atoms with Gasteiger partial charge in [0.15, 0.2) is 12.2 Å². The molecule has 0 fully saturated rings. The van der Waals surface area contributed by atoms with E-state index < -0.39 is 97.5 Å². The summed E-state index contributed by atoms with van der Waals surface area (Å²) in [6.45, 7) is 4.75. The molecule has 0 aliphatic carbocycles. The van der Waals surface area contributed by atoms with Crippen molar-refractivity contribution in [3.63, 3.8) is 0 Å². The molecule has 0 rings (SSSR count). The number of hydrogen-bond acceptors (Lipinski definition) is 15. The number of phosphoric acid groups is 2. The molecule has 0 heterocycles. The number of rotatable bonds is 76. The van der Waals surface area contributed by atoms with Gasteiger partial charge in [-0.25, -0.2) is 9.13 Å². The highest BCUT2D eigenvalue weighted by Crippen LogP contribution is 2.45. The van der Waals surface area contributed by atoms with Gasteiger partial charge < -0.3 is 33.8 Å². The molecule has 5 atom stereocenters. The van der Waals surface area contributed by atoms with Crippen molar-refractivity contribution in [1.82, 2.24) is 0 Å². The zero-order chi connectivity index (χ0) is 74.6. The molecule has 0 aromatic rings. The van der Waals surface area contributed by atoms with Crippen LogP contribution in [-0.2, 0) is 65.4 Å². The Kier molecular flexibility index (Phi) is 72.3. The smallest absolute Gasteiger partial charge is 0.462 e. The second kappa shape index (κ2) is 75.2. The Balaban J connectivity index is 5.30. The van der Waals surface area contributed by atoms with Crippen molar-refractivity contribution in [1.29, 1.82) is 0 Å². The standard InChI is InChI=1S/C83H146O17P2/c1-5-9-13-17-21-25-29-32-34-36-38-40-42-45-48-51-55-59-63-67-80(85)93-73-78(99-82(87)69-65-61-57-53-47-28-24-20-16-12-8-4)75-97-101(89,90)95-71-77(84)72-96-102(91,92)98-76-79(100-83(88)70-66-62-58-54-50-44-31-27-23-19-15-11-7-3)74-94-81(86)68-64-60-56-52-49-46-43-41-39-37-35-33-30-26-22-18-14-10-6-2/h20-22,24-27,31-35,38-41,77-79,84H,5-19,23,28-30,36-37,42-76H2,1-4H3,(H,89,90)(H,91,92)/b24-20-,25-21-,26-22-,31-27-,34-32-,35-33-,40-38-,41-39-. The van der Waals surface area contributed by atoms with Gasteiger partial charge in [-0.15, -0.1) is 0 Å². The second-order valence-electron chi connectivity index (χ2n) is 27.0. The van der Waals surface area contributed by atoms with E-state index in [-0.39, 0.29) is 25.7 Å². The minimum absolute atomic E-state index is 0.0816. The maximum atomic E-state index is 13.1. The van der Waals surface area contributed by atoms with Crippen LogP contribution in [0.3, 0.4) is 0 Å². The largest absolute Gasteiger partial charge is 0.472 e. The van der Waals surface area contributed by atoms with Gasteiger partial charge in [0.1, 0.15) is 19.3 Å². The maximum Gasteiger partial charge on any atom is 0.472 e. The quantitative estimate of drug-likeness (QED) is 0.0169. The van der Waals surface area contributed by atoms with Crippen LogP contribution < -0.4 is 0 Å². The Morgan fingerprint density at radius 3 is 0.794 bits per heavy atom. The van der Waals surface area contributed by atoms with Gasteiger partial charge in [-0.2, -0.15) is 0 Å². The van der Waals surface area contributed by atoms with Gasteiger partial charge in [0.2, 0.25) is 0 Å². The van der Waals surface area contributed by atoms with Crippen LogP contribution in [0.25, 0.3) is 0 Å². The van der Waals surface area contributed by atoms with Crippen molar-refractivity contribution in [2.24, 2.45) is 0 Å². The molecule has 0 saturated heterocycles. The zero-order valence-corrected chi connectivity index (χ0v) is 66.3. The Labute approximate surface area is 620 Å². The summed E-state index contributed by atoms with van der Waals surface area (Å²) in [5.74, 6) is -2.21. The lowest BCUT2D eigenvalue weighted by atomic mass is 10.1. The molecule has 5 unspecified atom stereocenters. The van der Waals surface area contributed by atoms with Crippen molar-refractivity contribution in [3.05, 3.63) is 97.2 Å². The van der Waals surface area contributed by atoms with E-state index in [0.717, 1.165) is 193 Å². The maximum absolute atomic E-state index is 13.1. The van der Waals surface area contributed by atoms with Gasteiger partial charge in [0, 0.05) is 25.7 Å². The fourth-order valence-corrected chi connectivity index (χ4v) is 12.3. The first-order valence-corrected chi connectivity index (χ1v) is 43.5. The highest BCUT2D eigenvalue weighted by molar-refractivity contribution is 7.47. The van der Waals surface area contributed by atoms with Crippen molar-refractivity contribution in [2.45, 2.75) is 367 Å². The van der Waals surface area contributed by atoms with Crippen LogP contribution in [0.15, 0.2) is 97.2 Å². The van der Waals surface area contributed by atoms with Crippen LogP contribution in [0.2, 0.25) is 0 Å². The molecule has 3 N–H and O–H groups in total. The third-order valence-corrected chi connectivity index (χ3v) is 18.9. The molecule has 102 heavy (non-hydrogen) atoms. The summed E-state index contributed by atoms with van der Waals surface area (Å²) in [6.07, 6.45) is 79.6. The molecule has 17 nitrogen and oxygen atoms in total. The predicted octanol–water partition coefficient (Wildman–Crippen LogP) is 23.6. The highest BCUT2D eigenvalue weighted by Gasteiger charge is 2.30. The van der Waals surface area contributed by atoms with Crippen LogP contribution in [0, 0.1) is 0 Å². The van der Waals surface area contributed by atoms with E-state index in [1.807, 2.05) is 0 Å². The molecule has 0 saturated carbocycles. The van der Waals surface area contributed by atoms with Crippen molar-refractivity contribution < 1.29 is 80.2 Å². The number of allylic oxidation sites excluding steroid dienone is 16. The summed E-state index contributed by atoms with van der Waals surface area (Å²) in [5, 5.41) is 10.6. The predicted molar refractivity (Wildman–Crippen MR) is 418 cm³/mol. The Morgan fingerprint density at radius 1 is 0.275 bits per heavy atom. The Hall–Kier alpha value is -4.02. The first kappa shape index (κ1) is 98.0. The number of hydrogen-bond donors (Lipinski definition) is 3. The number of ether oxygens (including phenoxy) is 4. The number of carbonyl (C=O) groups is 4. The van der Waals surface area contributed by atoms with Crippen LogP contribution in [0.4, 0.5) is 0 Å². The molecule has 0 aliphatic heterocycles. The average molecular weight is 1480 g/mol. The van der Waals surface area contributed by atoms with Gasteiger partial charge >= 0.3 is 39.5 Å². The lowest BCUT2D eigenvalue weighted by Crippen LogP contribution is -2.30. The summed E-state index contributed by atoms with van der Waals surface area (Å²) in [7, 11) is -9.96. The van der Waals surface area contributed by atoms with E-state index >= 15 is 0 Å². The Morgan fingerprint density at radius 2 is 0.490 bits per heavy atom. The number of unbranched alkanes of at least 4 members (excludes halogenated alkanes) is 34. The minimum atomic E-state index is -4.98. The van der Waals surface area contributed by atoms with Gasteiger partial charge in [-0.3, -0.25) is 37.3 Å². The van der Waals surface area contributed by atoms with Crippen molar-refractivity contribution in [2.75, 3.05) is 39.6 Å². The lowest BCUT2D eigenvalue weighted by Gasteiger charge is -2.21. The summed E-state index contributed by atoms with van der Waals surface area (Å²) >= 11 is 0. The number of carbonyl (C=O) groups excluding carboxylic acids is 4. The van der Waals surface area contributed by atoms with E-state index in [9.17, 15) is 43.2 Å². The molecule has 0 aliphatic rings. The molecule has 19 heteroatoms. The molecule has 0 aromatic heterocycles. The molecular formula is C83H146O17P2. The number of esters is 4. The van der Waals surface area contributed by atoms with Crippen molar-refractivity contribution in [3.8, 4) is 0 Å². The van der Waals surface area contributed by atoms with Crippen LogP contribution in [0.5, 0.6) is 0 Å². The lowest BCUT2D eigenvalue weighted by molar-refractivity contribution is -0.161. The van der Waals surface area contributed by atoms with E-state index in [1.165, 1.54) is 77.0 Å². The van der Waals surface area contributed by atoms with Gasteiger partial charge in [0.05, 0.1) is 26.4 Å². The first-order valence-electron chi connectivity index (χ1n) is 40.5. The molecule has 0 radical (unpaired) electrons. The molecular weight excluding hydrogens is 1330 g/mol. The molecule has 0 amide bonds. The number of phosphoric ester groups is 2. The monoisotopic (exact) mass is 1480 g/mol. The van der Waals surface area contributed by atoms with Crippen LogP contribution >= 0.6 is 15.6 Å². The first-order chi connectivity index (χ1) is 49.7. The topological polar surface area (TPSA) is 237 Å². The highest BCUT2D eigenvalue weighted by atomic mass is 31.2. The molecule has 0 bridgehead atoms. The van der Waals surface area contributed by atoms with Crippen LogP contribution in [-0.4, -0.2) is 96.7 Å². The van der Waals surface area contributed by atoms with E-state index in [0.29, 0.717) is 25.7 Å². The summed E-state index contributed by atoms with van der Waals surface area (Å²) in [4.78, 5) is 73.0. The minimum Gasteiger partial charge on any atom is -0.462 e. The van der Waals surface area contributed by atoms with Gasteiger partial charge in [-0.05, 0) is 148 Å². The zero-order valence-electron chi connectivity index (χ0n) is 64.5. The van der Waals surface area contributed by atoms with Crippen molar-refractivity contribution >= 4 is 39.5 Å². The average Bonchev–Trinajstić information content (AvgIpc) is 0.909. The molecule has 0 aromatic carbocycles. The summed E-state index contributed by atoms with van der Waals surface area (Å²) in [5.41, 5.74) is 0. The molecule has 590 valence electrons. The fraction of sp³-hybridized carbons (Fsp3) is 0.759. The summed E-state index contributed by atoms with van der Waals surface area (Å²) in [6, 6.07) is 0. The number of aliphatic hydroxyl groups excluding tert-OH is 1. The third-order valence-electron chi connectivity index (χ3n) is 17.0. The Bertz CT molecular complexity index is 2310. The van der Waals surface area contributed by atoms with Crippen LogP contribution in [0.1, 0.15) is 349 Å². The third kappa shape index (κ3) is 74.3. The van der Waals surface area contributed by atoms with Gasteiger partial charge in [-0.1, -0.05) is 273 Å². The molecule has 0 spiro atoms. The van der Waals surface area contributed by atoms with Gasteiger partial charge in [0.25, 0.3) is 0 Å². The fourth-order valence-electron chi connectivity index (χ4n) is 10.7. The SMILES string of the molecule is CCCC/C=C\CCCCCCCC(=O)OC(COC(=O)CCCCCCCC/C=C\C/C=C\C/C=C\CCCCC)COP(=O)(O)OCC(O)COP(=O)(O)OCC(COC(=O)CCCCCCCC/C=C\C/C=C\C/C=C\CCCCC)OC(=O)CCCCCCC/C=C\CCCCCC. The van der Waals surface area contributed by atoms with E-state index in [1.54, 1.807) is 0 Å². The summed E-state index contributed by atoms with van der Waals surface area (Å²) < 4.78 is 68.6. The van der Waals surface area contributed by atoms with E-state index in [2.05, 4.69) is 125 Å².